The molecule has 6 nitrogen and oxygen atoms in total. The van der Waals surface area contributed by atoms with Crippen LogP contribution in [0.25, 0.3) is 0 Å². The molecule has 0 aliphatic carbocycles. The first kappa shape index (κ1) is 23.0. The summed E-state index contributed by atoms with van der Waals surface area (Å²) >= 11 is 19.8. The van der Waals surface area contributed by atoms with Crippen LogP contribution in [-0.2, 0) is 4.74 Å². The first-order chi connectivity index (χ1) is 12.1. The summed E-state index contributed by atoms with van der Waals surface area (Å²) in [5.74, 6) is -0.123. The molecule has 1 unspecified atom stereocenters. The number of hydrazone groups is 1. The van der Waals surface area contributed by atoms with Crippen molar-refractivity contribution in [3.05, 3.63) is 24.0 Å². The zero-order valence-electron chi connectivity index (χ0n) is 13.9. The van der Waals surface area contributed by atoms with Crippen LogP contribution in [0.1, 0.15) is 20.3 Å². The highest BCUT2D eigenvalue weighted by Gasteiger charge is 2.22. The van der Waals surface area contributed by atoms with Gasteiger partial charge in [0.05, 0.1) is 10.5 Å². The average Bonchev–Trinajstić information content (AvgIpc) is 2.54. The minimum Gasteiger partial charge on any atom is -0.445 e. The summed E-state index contributed by atoms with van der Waals surface area (Å²) in [6.45, 7) is 3.34. The summed E-state index contributed by atoms with van der Waals surface area (Å²) in [5.41, 5.74) is 2.90. The minimum absolute atomic E-state index is 0.0431. The van der Waals surface area contributed by atoms with Crippen LogP contribution in [0, 0.1) is 5.82 Å². The molecule has 0 bridgehead atoms. The number of halogens is 5. The van der Waals surface area contributed by atoms with Crippen molar-refractivity contribution < 1.29 is 13.9 Å². The van der Waals surface area contributed by atoms with E-state index in [4.69, 9.17) is 39.5 Å². The molecule has 0 saturated carbocycles. The Balaban J connectivity index is 2.83. The second-order valence-corrected chi connectivity index (χ2v) is 8.82. The van der Waals surface area contributed by atoms with Crippen molar-refractivity contribution in [1.82, 2.24) is 0 Å². The number of anilines is 2. The lowest BCUT2D eigenvalue weighted by molar-refractivity contribution is 0.164. The van der Waals surface area contributed by atoms with Crippen molar-refractivity contribution in [3.8, 4) is 0 Å². The second kappa shape index (κ2) is 10.9. The molecule has 0 aliphatic heterocycles. The van der Waals surface area contributed by atoms with Gasteiger partial charge in [0.2, 0.25) is 3.79 Å². The average molecular weight is 491 g/mol. The van der Waals surface area contributed by atoms with Gasteiger partial charge in [-0.3, -0.25) is 10.7 Å². The molecule has 0 aliphatic rings. The standard InChI is InChI=1S/C15H17BrCl3FN4O2/c1-3-6-21-13(9(2)16)24-23-12-7-10(4-5-11(12)20)22-14(25)26-8-15(17,18)19/h4-7,9,23H,3,8H2,1-2H3,(H,22,25)/b21-6-,24-13+. The molecule has 1 aromatic carbocycles. The lowest BCUT2D eigenvalue weighted by Crippen LogP contribution is -2.21. The molecule has 26 heavy (non-hydrogen) atoms. The van der Waals surface area contributed by atoms with Gasteiger partial charge in [-0.15, -0.1) is 0 Å². The maximum atomic E-state index is 13.9. The molecule has 1 aromatic rings. The summed E-state index contributed by atoms with van der Waals surface area (Å²) in [6, 6.07) is 3.86. The van der Waals surface area contributed by atoms with Crippen LogP contribution in [0.3, 0.4) is 0 Å². The van der Waals surface area contributed by atoms with Crippen LogP contribution in [0.5, 0.6) is 0 Å². The van der Waals surface area contributed by atoms with E-state index >= 15 is 0 Å². The van der Waals surface area contributed by atoms with Crippen LogP contribution in [-0.4, -0.2) is 33.4 Å². The molecule has 1 rings (SSSR count). The van der Waals surface area contributed by atoms with Gasteiger partial charge in [0.15, 0.2) is 5.84 Å². The number of nitrogens with zero attached hydrogens (tertiary/aromatic N) is 2. The molecule has 0 fully saturated rings. The Hall–Kier alpha value is -1.09. The summed E-state index contributed by atoms with van der Waals surface area (Å²) in [4.78, 5) is 15.7. The van der Waals surface area contributed by atoms with Crippen molar-refractivity contribution in [2.75, 3.05) is 17.3 Å². The third-order valence-electron chi connectivity index (χ3n) is 2.63. The zero-order chi connectivity index (χ0) is 19.7. The van der Waals surface area contributed by atoms with E-state index in [9.17, 15) is 9.18 Å². The number of nitrogens with one attached hydrogen (secondary N) is 2. The molecule has 1 amide bonds. The number of aliphatic imine (C=N–C) groups is 1. The van der Waals surface area contributed by atoms with Gasteiger partial charge < -0.3 is 4.74 Å². The normalized spacial score (nSPS) is 13.6. The van der Waals surface area contributed by atoms with E-state index in [0.29, 0.717) is 5.84 Å². The summed E-state index contributed by atoms with van der Waals surface area (Å²) in [6.07, 6.45) is 1.58. The molecule has 1 atom stereocenters. The van der Waals surface area contributed by atoms with Gasteiger partial charge in [-0.2, -0.15) is 5.10 Å². The van der Waals surface area contributed by atoms with Crippen molar-refractivity contribution >= 4 is 80.3 Å². The summed E-state index contributed by atoms with van der Waals surface area (Å²) < 4.78 is 17.0. The van der Waals surface area contributed by atoms with Crippen LogP contribution < -0.4 is 10.7 Å². The predicted octanol–water partition coefficient (Wildman–Crippen LogP) is 5.73. The van der Waals surface area contributed by atoms with E-state index in [-0.39, 0.29) is 16.2 Å². The first-order valence-corrected chi connectivity index (χ1v) is 9.47. The number of carbonyl (C=O) groups is 1. The number of rotatable bonds is 6. The maximum absolute atomic E-state index is 13.9. The van der Waals surface area contributed by atoms with E-state index in [1.165, 1.54) is 12.1 Å². The number of alkyl halides is 4. The molecule has 0 spiro atoms. The van der Waals surface area contributed by atoms with E-state index < -0.39 is 22.3 Å². The number of hydrogen-bond donors (Lipinski definition) is 2. The van der Waals surface area contributed by atoms with E-state index in [0.717, 1.165) is 12.5 Å². The predicted molar refractivity (Wildman–Crippen MR) is 110 cm³/mol. The van der Waals surface area contributed by atoms with Crippen LogP contribution >= 0.6 is 50.7 Å². The highest BCUT2D eigenvalue weighted by Crippen LogP contribution is 2.26. The molecular weight excluding hydrogens is 473 g/mol. The molecule has 11 heteroatoms. The molecule has 144 valence electrons. The zero-order valence-corrected chi connectivity index (χ0v) is 17.8. The third-order valence-corrected chi connectivity index (χ3v) is 3.37. The number of carbonyl (C=O) groups excluding carboxylic acids is 1. The van der Waals surface area contributed by atoms with Gasteiger partial charge in [-0.1, -0.05) is 57.7 Å². The molecule has 0 heterocycles. The van der Waals surface area contributed by atoms with Gasteiger partial charge >= 0.3 is 6.09 Å². The number of ether oxygens (including phenoxy) is 1. The van der Waals surface area contributed by atoms with Gasteiger partial charge in [-0.05, 0) is 31.5 Å². The fourth-order valence-electron chi connectivity index (χ4n) is 1.51. The quantitative estimate of drug-likeness (QED) is 0.231. The van der Waals surface area contributed by atoms with E-state index in [1.807, 2.05) is 13.8 Å². The lowest BCUT2D eigenvalue weighted by atomic mass is 10.2. The maximum Gasteiger partial charge on any atom is 0.411 e. The van der Waals surface area contributed by atoms with E-state index in [1.54, 1.807) is 6.21 Å². The Labute approximate surface area is 174 Å². The number of amidine groups is 1. The Morgan fingerprint density at radius 2 is 2.15 bits per heavy atom. The molecule has 2 N–H and O–H groups in total. The smallest absolute Gasteiger partial charge is 0.411 e. The molecular formula is C15H17BrCl3FN4O2. The van der Waals surface area contributed by atoms with E-state index in [2.05, 4.69) is 36.8 Å². The Morgan fingerprint density at radius 3 is 2.73 bits per heavy atom. The van der Waals surface area contributed by atoms with Crippen LogP contribution in [0.15, 0.2) is 28.3 Å². The highest BCUT2D eigenvalue weighted by molar-refractivity contribution is 9.10. The number of hydrogen-bond acceptors (Lipinski definition) is 4. The summed E-state index contributed by atoms with van der Waals surface area (Å²) in [5, 5.41) is 6.46. The van der Waals surface area contributed by atoms with Crippen molar-refractivity contribution in [2.45, 2.75) is 28.9 Å². The molecule has 0 saturated heterocycles. The highest BCUT2D eigenvalue weighted by atomic mass is 79.9. The lowest BCUT2D eigenvalue weighted by Gasteiger charge is -2.13. The first-order valence-electron chi connectivity index (χ1n) is 7.42. The van der Waals surface area contributed by atoms with Gasteiger partial charge in [0.25, 0.3) is 0 Å². The Bertz CT molecular complexity index is 681. The Morgan fingerprint density at radius 1 is 1.46 bits per heavy atom. The topological polar surface area (TPSA) is 75.1 Å². The van der Waals surface area contributed by atoms with Gasteiger partial charge in [0, 0.05) is 11.9 Å². The Kier molecular flexibility index (Phi) is 9.63. The SMILES string of the molecule is CC/C=N\C(=N\Nc1cc(NC(=O)OCC(Cl)(Cl)Cl)ccc1F)C(C)Br. The molecule has 0 radical (unpaired) electrons. The molecule has 0 aromatic heterocycles. The van der Waals surface area contributed by atoms with Gasteiger partial charge in [0.1, 0.15) is 12.4 Å². The third kappa shape index (κ3) is 9.02. The van der Waals surface area contributed by atoms with Crippen molar-refractivity contribution in [1.29, 1.82) is 0 Å². The number of benzene rings is 1. The summed E-state index contributed by atoms with van der Waals surface area (Å²) in [7, 11) is 0. The van der Waals surface area contributed by atoms with Crippen molar-refractivity contribution in [3.63, 3.8) is 0 Å². The fraction of sp³-hybridized carbons (Fsp3) is 0.400. The monoisotopic (exact) mass is 488 g/mol. The number of amides is 1. The van der Waals surface area contributed by atoms with Gasteiger partial charge in [-0.25, -0.2) is 14.2 Å². The fourth-order valence-corrected chi connectivity index (χ4v) is 1.90. The van der Waals surface area contributed by atoms with Crippen LogP contribution in [0.4, 0.5) is 20.6 Å². The van der Waals surface area contributed by atoms with Crippen molar-refractivity contribution in [2.24, 2.45) is 10.1 Å². The second-order valence-electron chi connectivity index (χ2n) is 4.93. The largest absolute Gasteiger partial charge is 0.445 e. The van der Waals surface area contributed by atoms with Crippen LogP contribution in [0.2, 0.25) is 0 Å². The minimum atomic E-state index is -1.72.